The first-order valence-electron chi connectivity index (χ1n) is 4.97. The lowest BCUT2D eigenvalue weighted by Crippen LogP contribution is -1.88. The monoisotopic (exact) mass is 199 g/mol. The van der Waals surface area contributed by atoms with Gasteiger partial charge in [-0.25, -0.2) is 4.39 Å². The lowest BCUT2D eigenvalue weighted by Gasteiger charge is -2.01. The molecule has 1 heteroatoms. The van der Waals surface area contributed by atoms with Crippen molar-refractivity contribution in [2.75, 3.05) is 0 Å². The van der Waals surface area contributed by atoms with Crippen molar-refractivity contribution in [3.63, 3.8) is 0 Å². The molecule has 0 unspecified atom stereocenters. The molecule has 0 amide bonds. The van der Waals surface area contributed by atoms with Gasteiger partial charge in [-0.3, -0.25) is 0 Å². The molecule has 0 saturated carbocycles. The van der Waals surface area contributed by atoms with Crippen LogP contribution >= 0.6 is 0 Å². The number of hydrogen-bond donors (Lipinski definition) is 0. The molecule has 0 aromatic heterocycles. The van der Waals surface area contributed by atoms with Gasteiger partial charge in [0.2, 0.25) is 0 Å². The molecule has 0 heterocycles. The predicted octanol–water partition coefficient (Wildman–Crippen LogP) is 3.62. The van der Waals surface area contributed by atoms with Crippen molar-refractivity contribution in [2.45, 2.75) is 6.42 Å². The second-order valence-corrected chi connectivity index (χ2v) is 3.45. The Labute approximate surface area is 89.4 Å². The van der Waals surface area contributed by atoms with Gasteiger partial charge in [0.15, 0.2) is 0 Å². The van der Waals surface area contributed by atoms with Crippen molar-refractivity contribution >= 4 is 0 Å². The van der Waals surface area contributed by atoms with Crippen LogP contribution in [0.5, 0.6) is 0 Å². The van der Waals surface area contributed by atoms with Gasteiger partial charge in [0.25, 0.3) is 0 Å². The number of rotatable bonds is 3. The minimum Gasteiger partial charge on any atom is -0.207 e. The van der Waals surface area contributed by atoms with E-state index in [0.29, 0.717) is 0 Å². The standard InChI is InChI=1S/C14H12F/c15-14-10-8-13(9-11-14)7-6-12-4-2-1-3-5-12/h1-5,7-11H,6H2. The van der Waals surface area contributed by atoms with Gasteiger partial charge in [0, 0.05) is 0 Å². The molecule has 0 aliphatic heterocycles. The molecule has 0 aliphatic rings. The molecule has 2 rings (SSSR count). The van der Waals surface area contributed by atoms with Gasteiger partial charge in [0.05, 0.1) is 0 Å². The molecule has 1 radical (unpaired) electrons. The van der Waals surface area contributed by atoms with E-state index in [4.69, 9.17) is 0 Å². The lowest BCUT2D eigenvalue weighted by molar-refractivity contribution is 0.627. The summed E-state index contributed by atoms with van der Waals surface area (Å²) in [6, 6.07) is 16.8. The Bertz CT molecular complexity index is 403. The summed E-state index contributed by atoms with van der Waals surface area (Å²) in [6.07, 6.45) is 2.97. The van der Waals surface area contributed by atoms with Crippen LogP contribution in [0.2, 0.25) is 0 Å². The molecule has 0 saturated heterocycles. The third-order valence-electron chi connectivity index (χ3n) is 2.29. The first kappa shape index (κ1) is 9.91. The fourth-order valence-corrected chi connectivity index (χ4v) is 1.45. The summed E-state index contributed by atoms with van der Waals surface area (Å²) < 4.78 is 12.6. The highest BCUT2D eigenvalue weighted by Crippen LogP contribution is 2.09. The largest absolute Gasteiger partial charge is 0.207 e. The SMILES string of the molecule is Fc1ccc([CH]Cc2ccccc2)cc1. The third kappa shape index (κ3) is 2.91. The minimum absolute atomic E-state index is 0.188. The molecule has 0 atom stereocenters. The summed E-state index contributed by atoms with van der Waals surface area (Å²) in [5, 5.41) is 0. The van der Waals surface area contributed by atoms with Crippen LogP contribution in [0.15, 0.2) is 54.6 Å². The van der Waals surface area contributed by atoms with Gasteiger partial charge in [0.1, 0.15) is 5.82 Å². The maximum atomic E-state index is 12.6. The number of benzene rings is 2. The van der Waals surface area contributed by atoms with Crippen LogP contribution in [-0.2, 0) is 6.42 Å². The van der Waals surface area contributed by atoms with E-state index in [1.165, 1.54) is 17.7 Å². The molecule has 0 N–H and O–H groups in total. The lowest BCUT2D eigenvalue weighted by atomic mass is 10.0. The molecular formula is C14H12F. The van der Waals surface area contributed by atoms with Crippen molar-refractivity contribution in [2.24, 2.45) is 0 Å². The molecule has 0 fully saturated rings. The van der Waals surface area contributed by atoms with E-state index in [1.54, 1.807) is 12.1 Å². The zero-order valence-corrected chi connectivity index (χ0v) is 8.36. The maximum Gasteiger partial charge on any atom is 0.123 e. The maximum absolute atomic E-state index is 12.6. The van der Waals surface area contributed by atoms with E-state index >= 15 is 0 Å². The smallest absolute Gasteiger partial charge is 0.123 e. The Morgan fingerprint density at radius 3 is 2.20 bits per heavy atom. The van der Waals surface area contributed by atoms with Crippen molar-refractivity contribution in [3.8, 4) is 0 Å². The van der Waals surface area contributed by atoms with E-state index in [0.717, 1.165) is 12.0 Å². The first-order valence-corrected chi connectivity index (χ1v) is 4.97. The zero-order valence-electron chi connectivity index (χ0n) is 8.36. The van der Waals surface area contributed by atoms with Crippen LogP contribution in [0.1, 0.15) is 11.1 Å². The van der Waals surface area contributed by atoms with Gasteiger partial charge >= 0.3 is 0 Å². The summed E-state index contributed by atoms with van der Waals surface area (Å²) in [4.78, 5) is 0. The van der Waals surface area contributed by atoms with Crippen LogP contribution in [0.4, 0.5) is 4.39 Å². The van der Waals surface area contributed by atoms with Crippen molar-refractivity contribution in [3.05, 3.63) is 78.0 Å². The van der Waals surface area contributed by atoms with Crippen LogP contribution in [0.25, 0.3) is 0 Å². The number of halogens is 1. The predicted molar refractivity (Wildman–Crippen MR) is 59.9 cm³/mol. The summed E-state index contributed by atoms with van der Waals surface area (Å²) in [5.41, 5.74) is 2.32. The Kier molecular flexibility index (Phi) is 3.13. The van der Waals surface area contributed by atoms with Gasteiger partial charge in [-0.2, -0.15) is 0 Å². The minimum atomic E-state index is -0.188. The quantitative estimate of drug-likeness (QED) is 0.708. The molecule has 75 valence electrons. The van der Waals surface area contributed by atoms with E-state index in [-0.39, 0.29) is 5.82 Å². The Hall–Kier alpha value is -1.63. The van der Waals surface area contributed by atoms with Crippen molar-refractivity contribution < 1.29 is 4.39 Å². The molecule has 0 spiro atoms. The van der Waals surface area contributed by atoms with E-state index in [2.05, 4.69) is 18.6 Å². The van der Waals surface area contributed by atoms with E-state index < -0.39 is 0 Å². The van der Waals surface area contributed by atoms with E-state index in [9.17, 15) is 4.39 Å². The second kappa shape index (κ2) is 4.74. The number of hydrogen-bond acceptors (Lipinski definition) is 0. The summed E-state index contributed by atoms with van der Waals surface area (Å²) in [6.45, 7) is 0. The summed E-state index contributed by atoms with van der Waals surface area (Å²) >= 11 is 0. The molecular weight excluding hydrogens is 187 g/mol. The van der Waals surface area contributed by atoms with E-state index in [1.807, 2.05) is 18.2 Å². The van der Waals surface area contributed by atoms with Gasteiger partial charge in [-0.05, 0) is 36.1 Å². The fraction of sp³-hybridized carbons (Fsp3) is 0.0714. The normalized spacial score (nSPS) is 10.2. The molecule has 0 bridgehead atoms. The van der Waals surface area contributed by atoms with Crippen LogP contribution in [0, 0.1) is 12.2 Å². The van der Waals surface area contributed by atoms with Crippen LogP contribution in [0.3, 0.4) is 0 Å². The average molecular weight is 199 g/mol. The topological polar surface area (TPSA) is 0 Å². The highest BCUT2D eigenvalue weighted by molar-refractivity contribution is 5.27. The Balaban J connectivity index is 1.96. The molecule has 2 aromatic rings. The van der Waals surface area contributed by atoms with Crippen molar-refractivity contribution in [1.29, 1.82) is 0 Å². The van der Waals surface area contributed by atoms with Gasteiger partial charge in [-0.15, -0.1) is 0 Å². The van der Waals surface area contributed by atoms with Gasteiger partial charge < -0.3 is 0 Å². The molecule has 0 nitrogen and oxygen atoms in total. The average Bonchev–Trinajstić information content (AvgIpc) is 2.30. The fourth-order valence-electron chi connectivity index (χ4n) is 1.45. The van der Waals surface area contributed by atoms with Crippen LogP contribution < -0.4 is 0 Å². The highest BCUT2D eigenvalue weighted by atomic mass is 19.1. The molecule has 15 heavy (non-hydrogen) atoms. The first-order chi connectivity index (χ1) is 7.34. The second-order valence-electron chi connectivity index (χ2n) is 3.45. The highest BCUT2D eigenvalue weighted by Gasteiger charge is 1.96. The Morgan fingerprint density at radius 2 is 1.53 bits per heavy atom. The zero-order chi connectivity index (χ0) is 10.5. The van der Waals surface area contributed by atoms with Crippen LogP contribution in [-0.4, -0.2) is 0 Å². The third-order valence-corrected chi connectivity index (χ3v) is 2.29. The molecule has 0 aliphatic carbocycles. The van der Waals surface area contributed by atoms with Gasteiger partial charge in [-0.1, -0.05) is 42.5 Å². The Morgan fingerprint density at radius 1 is 0.867 bits per heavy atom. The summed E-state index contributed by atoms with van der Waals surface area (Å²) in [7, 11) is 0. The summed E-state index contributed by atoms with van der Waals surface area (Å²) in [5.74, 6) is -0.188. The van der Waals surface area contributed by atoms with Crippen molar-refractivity contribution in [1.82, 2.24) is 0 Å². The molecule has 2 aromatic carbocycles.